The molecule has 0 aromatic heterocycles. The van der Waals surface area contributed by atoms with Gasteiger partial charge in [-0.05, 0) is 30.3 Å². The first-order valence-corrected chi connectivity index (χ1v) is 8.79. The summed E-state index contributed by atoms with van der Waals surface area (Å²) in [6, 6.07) is 10.2. The maximum Gasteiger partial charge on any atom is 0.257 e. The molecule has 2 rings (SSSR count). The largest absolute Gasteiger partial charge is 0.277 e. The van der Waals surface area contributed by atoms with Crippen molar-refractivity contribution >= 4 is 27.7 Å². The molecule has 2 aromatic carbocycles. The van der Waals surface area contributed by atoms with E-state index in [0.717, 1.165) is 23.9 Å². The number of nitrogens with one attached hydrogen (secondary N) is 2. The standard InChI is InChI=1S/C14H12F2N2O3S2/c15-10-4-3-5-11(8-10)23(20,21)18-17-14(19)9-22-13-7-2-1-6-12(13)16/h1-8,18H,9H2,(H,17,19). The molecule has 0 fully saturated rings. The van der Waals surface area contributed by atoms with Gasteiger partial charge in [-0.25, -0.2) is 17.2 Å². The third-order valence-electron chi connectivity index (χ3n) is 2.63. The number of hydrazine groups is 1. The van der Waals surface area contributed by atoms with E-state index in [1.807, 2.05) is 10.3 Å². The van der Waals surface area contributed by atoms with E-state index in [2.05, 4.69) is 0 Å². The monoisotopic (exact) mass is 358 g/mol. The third kappa shape index (κ3) is 5.02. The molecular weight excluding hydrogens is 346 g/mol. The van der Waals surface area contributed by atoms with Crippen molar-refractivity contribution < 1.29 is 22.0 Å². The number of amides is 1. The predicted molar refractivity (Wildman–Crippen MR) is 82.0 cm³/mol. The van der Waals surface area contributed by atoms with Crippen molar-refractivity contribution in [3.8, 4) is 0 Å². The summed E-state index contributed by atoms with van der Waals surface area (Å²) in [5, 5.41) is 0. The fourth-order valence-electron chi connectivity index (χ4n) is 1.56. The fourth-order valence-corrected chi connectivity index (χ4v) is 3.19. The van der Waals surface area contributed by atoms with Gasteiger partial charge in [0.1, 0.15) is 11.6 Å². The number of rotatable bonds is 6. The SMILES string of the molecule is O=C(CSc1ccccc1F)NNS(=O)(=O)c1cccc(F)c1. The molecule has 0 aliphatic rings. The van der Waals surface area contributed by atoms with Crippen molar-refractivity contribution in [3.63, 3.8) is 0 Å². The van der Waals surface area contributed by atoms with Crippen LogP contribution in [0.15, 0.2) is 58.3 Å². The van der Waals surface area contributed by atoms with E-state index in [4.69, 9.17) is 0 Å². The number of carbonyl (C=O) groups excluding carboxylic acids is 1. The Bertz CT molecular complexity index is 813. The van der Waals surface area contributed by atoms with Crippen molar-refractivity contribution in [2.24, 2.45) is 0 Å². The van der Waals surface area contributed by atoms with Crippen LogP contribution in [0.25, 0.3) is 0 Å². The second kappa shape index (κ2) is 7.53. The van der Waals surface area contributed by atoms with Gasteiger partial charge in [0.15, 0.2) is 0 Å². The Morgan fingerprint density at radius 1 is 1.09 bits per heavy atom. The second-order valence-corrected chi connectivity index (χ2v) is 7.03. The molecule has 9 heteroatoms. The summed E-state index contributed by atoms with van der Waals surface area (Å²) in [7, 11) is -4.07. The van der Waals surface area contributed by atoms with Gasteiger partial charge >= 0.3 is 0 Å². The van der Waals surface area contributed by atoms with E-state index in [9.17, 15) is 22.0 Å². The summed E-state index contributed by atoms with van der Waals surface area (Å²) in [4.78, 5) is 13.4. The Hall–Kier alpha value is -1.97. The van der Waals surface area contributed by atoms with E-state index in [1.165, 1.54) is 30.3 Å². The van der Waals surface area contributed by atoms with Crippen LogP contribution in [0.4, 0.5) is 8.78 Å². The van der Waals surface area contributed by atoms with Crippen LogP contribution in [0.1, 0.15) is 0 Å². The van der Waals surface area contributed by atoms with Crippen LogP contribution in [0, 0.1) is 11.6 Å². The Kier molecular flexibility index (Phi) is 5.69. The molecule has 0 aliphatic carbocycles. The van der Waals surface area contributed by atoms with Gasteiger partial charge in [0, 0.05) is 4.90 Å². The number of sulfonamides is 1. The third-order valence-corrected chi connectivity index (χ3v) is 4.92. The van der Waals surface area contributed by atoms with Gasteiger partial charge in [-0.15, -0.1) is 16.6 Å². The predicted octanol–water partition coefficient (Wildman–Crippen LogP) is 2.07. The van der Waals surface area contributed by atoms with Crippen LogP contribution in [-0.4, -0.2) is 20.1 Å². The highest BCUT2D eigenvalue weighted by atomic mass is 32.2. The van der Waals surface area contributed by atoms with Crippen molar-refractivity contribution in [3.05, 3.63) is 60.2 Å². The highest BCUT2D eigenvalue weighted by Gasteiger charge is 2.16. The lowest BCUT2D eigenvalue weighted by molar-refractivity contribution is -0.119. The quantitative estimate of drug-likeness (QED) is 0.612. The van der Waals surface area contributed by atoms with E-state index in [1.54, 1.807) is 6.07 Å². The van der Waals surface area contributed by atoms with Crippen LogP contribution in [0.5, 0.6) is 0 Å². The van der Waals surface area contributed by atoms with Crippen LogP contribution in [0.2, 0.25) is 0 Å². The molecule has 0 radical (unpaired) electrons. The minimum Gasteiger partial charge on any atom is -0.277 e. The zero-order valence-corrected chi connectivity index (χ0v) is 13.3. The number of thioether (sulfide) groups is 1. The van der Waals surface area contributed by atoms with Crippen molar-refractivity contribution in [2.75, 3.05) is 5.75 Å². The van der Waals surface area contributed by atoms with Crippen LogP contribution < -0.4 is 10.3 Å². The lowest BCUT2D eigenvalue weighted by Gasteiger charge is -2.08. The molecule has 122 valence electrons. The summed E-state index contributed by atoms with van der Waals surface area (Å²) < 4.78 is 50.1. The highest BCUT2D eigenvalue weighted by Crippen LogP contribution is 2.20. The molecule has 5 nitrogen and oxygen atoms in total. The molecule has 0 aliphatic heterocycles. The first kappa shape index (κ1) is 17.4. The zero-order chi connectivity index (χ0) is 16.9. The van der Waals surface area contributed by atoms with Crippen molar-refractivity contribution in [1.82, 2.24) is 10.3 Å². The van der Waals surface area contributed by atoms with E-state index >= 15 is 0 Å². The van der Waals surface area contributed by atoms with Gasteiger partial charge in [-0.2, -0.15) is 0 Å². The minimum absolute atomic E-state index is 0.188. The number of benzene rings is 2. The van der Waals surface area contributed by atoms with Gasteiger partial charge in [-0.3, -0.25) is 10.2 Å². The summed E-state index contributed by atoms with van der Waals surface area (Å²) in [5.74, 6) is -2.04. The van der Waals surface area contributed by atoms with Crippen LogP contribution >= 0.6 is 11.8 Å². The van der Waals surface area contributed by atoms with Gasteiger partial charge in [-0.1, -0.05) is 18.2 Å². The summed E-state index contributed by atoms with van der Waals surface area (Å²) in [6.45, 7) is 0. The Labute approximate surface area is 136 Å². The smallest absolute Gasteiger partial charge is 0.257 e. The van der Waals surface area contributed by atoms with Gasteiger partial charge in [0.2, 0.25) is 5.91 Å². The van der Waals surface area contributed by atoms with E-state index in [-0.39, 0.29) is 15.5 Å². The Morgan fingerprint density at radius 2 is 1.83 bits per heavy atom. The molecule has 0 bridgehead atoms. The van der Waals surface area contributed by atoms with Crippen LogP contribution in [0.3, 0.4) is 0 Å². The summed E-state index contributed by atoms with van der Waals surface area (Å²) in [6.07, 6.45) is 0. The molecule has 0 saturated heterocycles. The number of hydrogen-bond acceptors (Lipinski definition) is 4. The van der Waals surface area contributed by atoms with Gasteiger partial charge in [0.05, 0.1) is 10.6 Å². The normalized spacial score (nSPS) is 11.2. The fraction of sp³-hybridized carbons (Fsp3) is 0.0714. The molecule has 0 unspecified atom stereocenters. The highest BCUT2D eigenvalue weighted by molar-refractivity contribution is 8.00. The van der Waals surface area contributed by atoms with Crippen molar-refractivity contribution in [2.45, 2.75) is 9.79 Å². The first-order valence-electron chi connectivity index (χ1n) is 6.32. The van der Waals surface area contributed by atoms with E-state index in [0.29, 0.717) is 0 Å². The minimum atomic E-state index is -4.07. The molecule has 0 atom stereocenters. The first-order chi connectivity index (χ1) is 10.9. The molecule has 0 heterocycles. The van der Waals surface area contributed by atoms with E-state index < -0.39 is 27.6 Å². The number of hydrogen-bond donors (Lipinski definition) is 2. The number of halogens is 2. The molecule has 0 spiro atoms. The topological polar surface area (TPSA) is 75.3 Å². The molecule has 1 amide bonds. The average molecular weight is 358 g/mol. The maximum atomic E-state index is 13.4. The Morgan fingerprint density at radius 3 is 2.52 bits per heavy atom. The van der Waals surface area contributed by atoms with Gasteiger partial charge < -0.3 is 0 Å². The van der Waals surface area contributed by atoms with Crippen molar-refractivity contribution in [1.29, 1.82) is 0 Å². The molecule has 2 N–H and O–H groups in total. The molecular formula is C14H12F2N2O3S2. The molecule has 2 aromatic rings. The lowest BCUT2D eigenvalue weighted by Crippen LogP contribution is -2.42. The number of carbonyl (C=O) groups is 1. The maximum absolute atomic E-state index is 13.4. The van der Waals surface area contributed by atoms with Crippen LogP contribution in [-0.2, 0) is 14.8 Å². The molecule has 23 heavy (non-hydrogen) atoms. The zero-order valence-electron chi connectivity index (χ0n) is 11.6. The summed E-state index contributed by atoms with van der Waals surface area (Å²) >= 11 is 0.922. The summed E-state index contributed by atoms with van der Waals surface area (Å²) in [5.41, 5.74) is 1.99. The van der Waals surface area contributed by atoms with Gasteiger partial charge in [0.25, 0.3) is 10.0 Å². The Balaban J connectivity index is 1.90. The second-order valence-electron chi connectivity index (χ2n) is 4.33. The average Bonchev–Trinajstić information content (AvgIpc) is 2.52. The molecule has 0 saturated carbocycles. The lowest BCUT2D eigenvalue weighted by atomic mass is 10.3.